The molecule has 0 saturated carbocycles. The van der Waals surface area contributed by atoms with E-state index in [1.807, 2.05) is 50.4 Å². The third-order valence-corrected chi connectivity index (χ3v) is 6.91. The zero-order chi connectivity index (χ0) is 30.2. The van der Waals surface area contributed by atoms with Crippen LogP contribution in [0.2, 0.25) is 0 Å². The number of methoxy groups -OCH3 is 1. The largest absolute Gasteiger partial charge is 0.488 e. The minimum absolute atomic E-state index is 0.151. The van der Waals surface area contributed by atoms with Gasteiger partial charge in [0.15, 0.2) is 0 Å². The highest BCUT2D eigenvalue weighted by molar-refractivity contribution is 5.92. The van der Waals surface area contributed by atoms with E-state index in [1.54, 1.807) is 36.3 Å². The van der Waals surface area contributed by atoms with Crippen LogP contribution in [0, 0.1) is 0 Å². The van der Waals surface area contributed by atoms with Crippen molar-refractivity contribution in [3.8, 4) is 28.6 Å². The minimum atomic E-state index is -0.464. The van der Waals surface area contributed by atoms with Gasteiger partial charge in [0.1, 0.15) is 35.6 Å². The van der Waals surface area contributed by atoms with E-state index in [9.17, 15) is 9.59 Å². The molecule has 4 aromatic rings. The van der Waals surface area contributed by atoms with Gasteiger partial charge >= 0.3 is 5.97 Å². The lowest BCUT2D eigenvalue weighted by Gasteiger charge is -2.32. The van der Waals surface area contributed by atoms with E-state index in [0.29, 0.717) is 48.1 Å². The molecule has 1 saturated heterocycles. The standard InChI is InChI=1S/C32H35N5O6/c1-22(20-40-3)42-25-15-24(27-9-10-28(35-27)32(39)41-21-23-7-5-4-6-8-23)16-26(17-25)43-30-19-33-29(18-34-30)31(38)37-13-11-36(2)12-14-37/h4-10,15-19,22,35H,11-14,20-21H2,1-3H3/t22-/m0/s1. The van der Waals surface area contributed by atoms with Gasteiger partial charge in [-0.25, -0.2) is 14.8 Å². The van der Waals surface area contributed by atoms with Crippen LogP contribution in [0.4, 0.5) is 0 Å². The summed E-state index contributed by atoms with van der Waals surface area (Å²) in [4.78, 5) is 41.3. The van der Waals surface area contributed by atoms with Crippen molar-refractivity contribution in [1.82, 2.24) is 24.8 Å². The molecule has 1 fully saturated rings. The van der Waals surface area contributed by atoms with E-state index in [1.165, 1.54) is 12.4 Å². The van der Waals surface area contributed by atoms with Gasteiger partial charge in [-0.1, -0.05) is 30.3 Å². The molecule has 5 rings (SSSR count). The molecule has 11 nitrogen and oxygen atoms in total. The van der Waals surface area contributed by atoms with Crippen LogP contribution in [0.5, 0.6) is 17.4 Å². The van der Waals surface area contributed by atoms with Crippen molar-refractivity contribution < 1.29 is 28.5 Å². The molecule has 43 heavy (non-hydrogen) atoms. The number of aromatic amines is 1. The highest BCUT2D eigenvalue weighted by Gasteiger charge is 2.22. The van der Waals surface area contributed by atoms with Crippen LogP contribution >= 0.6 is 0 Å². The summed E-state index contributed by atoms with van der Waals surface area (Å²) >= 11 is 0. The van der Waals surface area contributed by atoms with Gasteiger partial charge in [-0.05, 0) is 43.8 Å². The third-order valence-electron chi connectivity index (χ3n) is 6.91. The van der Waals surface area contributed by atoms with E-state index in [4.69, 9.17) is 18.9 Å². The van der Waals surface area contributed by atoms with Crippen LogP contribution in [-0.2, 0) is 16.1 Å². The summed E-state index contributed by atoms with van der Waals surface area (Å²) in [5.74, 6) is 0.581. The molecule has 0 aliphatic carbocycles. The number of rotatable bonds is 11. The number of hydrogen-bond acceptors (Lipinski definition) is 9. The first-order chi connectivity index (χ1) is 20.9. The summed E-state index contributed by atoms with van der Waals surface area (Å²) in [5, 5.41) is 0. The maximum Gasteiger partial charge on any atom is 0.355 e. The highest BCUT2D eigenvalue weighted by Crippen LogP contribution is 2.32. The van der Waals surface area contributed by atoms with Gasteiger partial charge in [0.2, 0.25) is 5.88 Å². The van der Waals surface area contributed by atoms with Gasteiger partial charge < -0.3 is 33.7 Å². The number of aromatic nitrogens is 3. The number of carbonyl (C=O) groups excluding carboxylic acids is 2. The second-order valence-corrected chi connectivity index (χ2v) is 10.4. The van der Waals surface area contributed by atoms with E-state index in [0.717, 1.165) is 18.7 Å². The van der Waals surface area contributed by atoms with Crippen LogP contribution in [0.1, 0.15) is 33.5 Å². The van der Waals surface area contributed by atoms with Crippen molar-refractivity contribution in [2.45, 2.75) is 19.6 Å². The Morgan fingerprint density at radius 2 is 1.72 bits per heavy atom. The normalized spacial score (nSPS) is 14.3. The summed E-state index contributed by atoms with van der Waals surface area (Å²) < 4.78 is 22.8. The molecule has 3 heterocycles. The SMILES string of the molecule is COC[C@H](C)Oc1cc(Oc2cnc(C(=O)N3CCN(C)CC3)cn2)cc(-c2ccc(C(=O)OCc3ccccc3)[nH]2)c1. The fourth-order valence-corrected chi connectivity index (χ4v) is 4.61. The number of ether oxygens (including phenoxy) is 4. The molecule has 1 atom stereocenters. The van der Waals surface area contributed by atoms with Crippen molar-refractivity contribution in [2.24, 2.45) is 0 Å². The molecule has 0 bridgehead atoms. The number of nitrogens with zero attached hydrogens (tertiary/aromatic N) is 4. The fourth-order valence-electron chi connectivity index (χ4n) is 4.61. The second-order valence-electron chi connectivity index (χ2n) is 10.4. The Hall–Kier alpha value is -4.74. The van der Waals surface area contributed by atoms with E-state index in [2.05, 4.69) is 19.9 Å². The summed E-state index contributed by atoms with van der Waals surface area (Å²) in [6.45, 7) is 5.41. The number of nitrogens with one attached hydrogen (secondary N) is 1. The first-order valence-corrected chi connectivity index (χ1v) is 14.1. The number of amides is 1. The molecule has 0 radical (unpaired) electrons. The monoisotopic (exact) mass is 585 g/mol. The summed E-state index contributed by atoms with van der Waals surface area (Å²) in [6, 6.07) is 18.3. The number of H-pyrrole nitrogens is 1. The van der Waals surface area contributed by atoms with Gasteiger partial charge in [0.05, 0.1) is 19.0 Å². The Morgan fingerprint density at radius 3 is 2.44 bits per heavy atom. The molecule has 1 aliphatic rings. The summed E-state index contributed by atoms with van der Waals surface area (Å²) in [7, 11) is 3.65. The van der Waals surface area contributed by atoms with Gasteiger partial charge in [-0.2, -0.15) is 0 Å². The predicted molar refractivity (Wildman–Crippen MR) is 159 cm³/mol. The number of carbonyl (C=O) groups is 2. The number of likely N-dealkylation sites (N-methyl/N-ethyl adjacent to an activating group) is 1. The van der Waals surface area contributed by atoms with Crippen molar-refractivity contribution in [3.05, 3.63) is 90.0 Å². The number of piperazine rings is 1. The topological polar surface area (TPSA) is 119 Å². The van der Waals surface area contributed by atoms with E-state index in [-0.39, 0.29) is 30.2 Å². The molecular weight excluding hydrogens is 550 g/mol. The smallest absolute Gasteiger partial charge is 0.355 e. The molecule has 1 aliphatic heterocycles. The lowest BCUT2D eigenvalue weighted by molar-refractivity contribution is 0.0466. The fraction of sp³-hybridized carbons (Fsp3) is 0.312. The van der Waals surface area contributed by atoms with Crippen LogP contribution in [0.25, 0.3) is 11.3 Å². The lowest BCUT2D eigenvalue weighted by atomic mass is 10.1. The summed E-state index contributed by atoms with van der Waals surface area (Å²) in [5.41, 5.74) is 2.87. The Labute approximate surface area is 250 Å². The molecule has 1 N–H and O–H groups in total. The molecule has 2 aromatic carbocycles. The van der Waals surface area contributed by atoms with Crippen LogP contribution < -0.4 is 9.47 Å². The minimum Gasteiger partial charge on any atom is -0.488 e. The van der Waals surface area contributed by atoms with Crippen LogP contribution in [0.3, 0.4) is 0 Å². The van der Waals surface area contributed by atoms with Gasteiger partial charge in [0.25, 0.3) is 5.91 Å². The zero-order valence-electron chi connectivity index (χ0n) is 24.5. The zero-order valence-corrected chi connectivity index (χ0v) is 24.5. The molecule has 0 spiro atoms. The predicted octanol–water partition coefficient (Wildman–Crippen LogP) is 4.42. The average Bonchev–Trinajstić information content (AvgIpc) is 3.52. The Balaban J connectivity index is 1.32. The average molecular weight is 586 g/mol. The Bertz CT molecular complexity index is 1520. The van der Waals surface area contributed by atoms with Gasteiger partial charge in [-0.3, -0.25) is 4.79 Å². The van der Waals surface area contributed by atoms with Crippen molar-refractivity contribution in [2.75, 3.05) is 46.9 Å². The third kappa shape index (κ3) is 7.97. The summed E-state index contributed by atoms with van der Waals surface area (Å²) in [6.07, 6.45) is 2.63. The second kappa shape index (κ2) is 14.0. The van der Waals surface area contributed by atoms with E-state index >= 15 is 0 Å². The quantitative estimate of drug-likeness (QED) is 0.255. The van der Waals surface area contributed by atoms with Crippen LogP contribution in [-0.4, -0.2) is 89.7 Å². The van der Waals surface area contributed by atoms with Crippen molar-refractivity contribution >= 4 is 11.9 Å². The van der Waals surface area contributed by atoms with Gasteiger partial charge in [0, 0.05) is 50.6 Å². The molecule has 0 unspecified atom stereocenters. The Kier molecular flexibility index (Phi) is 9.65. The molecule has 11 heteroatoms. The maximum absolute atomic E-state index is 12.8. The first kappa shape index (κ1) is 29.7. The molecule has 2 aromatic heterocycles. The maximum atomic E-state index is 12.8. The number of hydrogen-bond donors (Lipinski definition) is 1. The molecular formula is C32H35N5O6. The highest BCUT2D eigenvalue weighted by atomic mass is 16.5. The number of esters is 1. The van der Waals surface area contributed by atoms with Crippen molar-refractivity contribution in [1.29, 1.82) is 0 Å². The molecule has 1 amide bonds. The Morgan fingerprint density at radius 1 is 0.953 bits per heavy atom. The van der Waals surface area contributed by atoms with Crippen molar-refractivity contribution in [3.63, 3.8) is 0 Å². The van der Waals surface area contributed by atoms with Crippen LogP contribution in [0.15, 0.2) is 73.1 Å². The first-order valence-electron chi connectivity index (χ1n) is 14.1. The lowest BCUT2D eigenvalue weighted by Crippen LogP contribution is -2.47. The van der Waals surface area contributed by atoms with E-state index < -0.39 is 5.97 Å². The van der Waals surface area contributed by atoms with Gasteiger partial charge in [-0.15, -0.1) is 0 Å². The number of benzene rings is 2. The molecule has 224 valence electrons.